The minimum absolute atomic E-state index is 0.0311. The molecule has 0 atom stereocenters. The Morgan fingerprint density at radius 2 is 1.85 bits per heavy atom. The van der Waals surface area contributed by atoms with Crippen LogP contribution in [0.25, 0.3) is 0 Å². The van der Waals surface area contributed by atoms with E-state index >= 15 is 0 Å². The van der Waals surface area contributed by atoms with E-state index in [-0.39, 0.29) is 11.1 Å². The molecule has 0 radical (unpaired) electrons. The lowest BCUT2D eigenvalue weighted by Crippen LogP contribution is -2.24. The molecule has 4 heteroatoms. The van der Waals surface area contributed by atoms with E-state index < -0.39 is 5.60 Å². The number of carbonyl (C=O) groups excluding carboxylic acids is 2. The Bertz CT molecular complexity index is 194. The van der Waals surface area contributed by atoms with Crippen LogP contribution in [-0.2, 0) is 14.3 Å². The van der Waals surface area contributed by atoms with Crippen LogP contribution >= 0.6 is 11.8 Å². The summed E-state index contributed by atoms with van der Waals surface area (Å²) in [5.41, 5.74) is -0.433. The molecule has 3 nitrogen and oxygen atoms in total. The minimum atomic E-state index is -0.433. The average molecular weight is 204 g/mol. The topological polar surface area (TPSA) is 43.4 Å². The molecular weight excluding hydrogens is 188 g/mol. The fraction of sp³-hybridized carbons (Fsp3) is 0.778. The maximum Gasteiger partial charge on any atom is 0.307 e. The molecule has 0 aliphatic heterocycles. The summed E-state index contributed by atoms with van der Waals surface area (Å²) in [4.78, 5) is 21.6. The molecule has 0 bridgehead atoms. The first-order valence-electron chi connectivity index (χ1n) is 4.16. The van der Waals surface area contributed by atoms with Crippen molar-refractivity contribution in [3.05, 3.63) is 0 Å². The predicted molar refractivity (Wildman–Crippen MR) is 53.6 cm³/mol. The molecule has 0 rings (SSSR count). The summed E-state index contributed by atoms with van der Waals surface area (Å²) in [7, 11) is 0. The third kappa shape index (κ3) is 9.40. The molecule has 0 N–H and O–H groups in total. The first-order chi connectivity index (χ1) is 5.81. The molecule has 0 aromatic heterocycles. The molecule has 0 aromatic carbocycles. The molecule has 0 aliphatic carbocycles. The Balaban J connectivity index is 3.59. The van der Waals surface area contributed by atoms with E-state index in [1.54, 1.807) is 0 Å². The van der Waals surface area contributed by atoms with Crippen LogP contribution in [-0.4, -0.2) is 22.4 Å². The lowest BCUT2D eigenvalue weighted by Gasteiger charge is -2.19. The highest BCUT2D eigenvalue weighted by atomic mass is 32.2. The van der Waals surface area contributed by atoms with E-state index in [1.165, 1.54) is 6.92 Å². The van der Waals surface area contributed by atoms with Crippen molar-refractivity contribution in [2.75, 3.05) is 5.75 Å². The molecule has 0 spiro atoms. The van der Waals surface area contributed by atoms with Crippen molar-refractivity contribution in [3.63, 3.8) is 0 Å². The van der Waals surface area contributed by atoms with Gasteiger partial charge in [0.2, 0.25) is 0 Å². The molecule has 76 valence electrons. The molecule has 0 aromatic rings. The standard InChI is InChI=1S/C9H16O3S/c1-7(10)13-6-5-8(11)12-9(2,3)4/h5-6H2,1-4H3. The first kappa shape index (κ1) is 12.5. The van der Waals surface area contributed by atoms with Crippen molar-refractivity contribution in [2.45, 2.75) is 39.7 Å². The number of esters is 1. The molecule has 0 fully saturated rings. The minimum Gasteiger partial charge on any atom is -0.460 e. The summed E-state index contributed by atoms with van der Waals surface area (Å²) in [6.07, 6.45) is 0.293. The van der Waals surface area contributed by atoms with Crippen LogP contribution in [0.2, 0.25) is 0 Å². The highest BCUT2D eigenvalue weighted by Crippen LogP contribution is 2.10. The molecular formula is C9H16O3S. The maximum absolute atomic E-state index is 11.1. The van der Waals surface area contributed by atoms with Crippen molar-refractivity contribution >= 4 is 22.8 Å². The fourth-order valence-corrected chi connectivity index (χ4v) is 1.23. The lowest BCUT2D eigenvalue weighted by molar-refractivity contribution is -0.154. The van der Waals surface area contributed by atoms with Gasteiger partial charge in [0.1, 0.15) is 5.60 Å². The largest absolute Gasteiger partial charge is 0.460 e. The van der Waals surface area contributed by atoms with Crippen molar-refractivity contribution in [1.82, 2.24) is 0 Å². The van der Waals surface area contributed by atoms with Crippen molar-refractivity contribution < 1.29 is 14.3 Å². The van der Waals surface area contributed by atoms with Gasteiger partial charge in [0.15, 0.2) is 5.12 Å². The second-order valence-electron chi connectivity index (χ2n) is 3.68. The van der Waals surface area contributed by atoms with Gasteiger partial charge in [-0.2, -0.15) is 0 Å². The number of ether oxygens (including phenoxy) is 1. The quantitative estimate of drug-likeness (QED) is 0.659. The second-order valence-corrected chi connectivity index (χ2v) is 4.95. The van der Waals surface area contributed by atoms with Crippen LogP contribution in [0.4, 0.5) is 0 Å². The fourth-order valence-electron chi connectivity index (χ4n) is 0.671. The van der Waals surface area contributed by atoms with E-state index in [0.29, 0.717) is 12.2 Å². The SMILES string of the molecule is CC(=O)SCCC(=O)OC(C)(C)C. The first-order valence-corrected chi connectivity index (χ1v) is 5.15. The average Bonchev–Trinajstić information content (AvgIpc) is 1.81. The molecule has 0 aliphatic rings. The van der Waals surface area contributed by atoms with Crippen LogP contribution in [0.15, 0.2) is 0 Å². The third-order valence-corrected chi connectivity index (χ3v) is 1.85. The number of thioether (sulfide) groups is 1. The van der Waals surface area contributed by atoms with Crippen molar-refractivity contribution in [2.24, 2.45) is 0 Å². The van der Waals surface area contributed by atoms with Gasteiger partial charge in [-0.25, -0.2) is 0 Å². The van der Waals surface area contributed by atoms with Crippen LogP contribution in [0.3, 0.4) is 0 Å². The van der Waals surface area contributed by atoms with Crippen LogP contribution in [0.5, 0.6) is 0 Å². The molecule has 0 amide bonds. The number of hydrogen-bond donors (Lipinski definition) is 0. The van der Waals surface area contributed by atoms with Gasteiger partial charge in [-0.1, -0.05) is 11.8 Å². The van der Waals surface area contributed by atoms with Crippen molar-refractivity contribution in [3.8, 4) is 0 Å². The zero-order valence-corrected chi connectivity index (χ0v) is 9.36. The monoisotopic (exact) mass is 204 g/mol. The van der Waals surface area contributed by atoms with Crippen LogP contribution in [0, 0.1) is 0 Å². The number of hydrogen-bond acceptors (Lipinski definition) is 4. The van der Waals surface area contributed by atoms with Gasteiger partial charge in [-0.15, -0.1) is 0 Å². The Morgan fingerprint density at radius 1 is 1.31 bits per heavy atom. The van der Waals surface area contributed by atoms with Gasteiger partial charge in [0.25, 0.3) is 0 Å². The Labute approximate surface area is 83.2 Å². The van der Waals surface area contributed by atoms with E-state index in [4.69, 9.17) is 4.74 Å². The molecule has 0 saturated carbocycles. The molecule has 0 unspecified atom stereocenters. The van der Waals surface area contributed by atoms with E-state index in [1.807, 2.05) is 20.8 Å². The molecule has 0 heterocycles. The van der Waals surface area contributed by atoms with E-state index in [9.17, 15) is 9.59 Å². The van der Waals surface area contributed by atoms with Crippen LogP contribution in [0.1, 0.15) is 34.1 Å². The lowest BCUT2D eigenvalue weighted by atomic mass is 10.2. The Kier molecular flexibility index (Phi) is 5.06. The van der Waals surface area contributed by atoms with Gasteiger partial charge in [-0.3, -0.25) is 9.59 Å². The normalized spacial score (nSPS) is 11.1. The van der Waals surface area contributed by atoms with E-state index in [0.717, 1.165) is 11.8 Å². The Hall–Kier alpha value is -0.510. The Morgan fingerprint density at radius 3 is 2.23 bits per heavy atom. The highest BCUT2D eigenvalue weighted by molar-refractivity contribution is 8.13. The third-order valence-electron chi connectivity index (χ3n) is 1.03. The second kappa shape index (κ2) is 5.27. The summed E-state index contributed by atoms with van der Waals surface area (Å²) >= 11 is 1.15. The number of carbonyl (C=O) groups is 2. The smallest absolute Gasteiger partial charge is 0.307 e. The summed E-state index contributed by atoms with van der Waals surface area (Å²) in [5, 5.41) is 0.0311. The van der Waals surface area contributed by atoms with E-state index in [2.05, 4.69) is 0 Å². The summed E-state index contributed by atoms with van der Waals surface area (Å²) in [5.74, 6) is 0.255. The van der Waals surface area contributed by atoms with Gasteiger partial charge >= 0.3 is 5.97 Å². The molecule has 0 saturated heterocycles. The summed E-state index contributed by atoms with van der Waals surface area (Å²) in [6, 6.07) is 0. The highest BCUT2D eigenvalue weighted by Gasteiger charge is 2.15. The van der Waals surface area contributed by atoms with Gasteiger partial charge in [0.05, 0.1) is 6.42 Å². The predicted octanol–water partition coefficient (Wildman–Crippen LogP) is 2.00. The summed E-state index contributed by atoms with van der Waals surface area (Å²) < 4.78 is 5.06. The maximum atomic E-state index is 11.1. The summed E-state index contributed by atoms with van der Waals surface area (Å²) in [6.45, 7) is 6.95. The van der Waals surface area contributed by atoms with Gasteiger partial charge in [-0.05, 0) is 20.8 Å². The van der Waals surface area contributed by atoms with Gasteiger partial charge in [0, 0.05) is 12.7 Å². The molecule has 13 heavy (non-hydrogen) atoms. The zero-order valence-electron chi connectivity index (χ0n) is 8.55. The zero-order chi connectivity index (χ0) is 10.5. The van der Waals surface area contributed by atoms with Gasteiger partial charge < -0.3 is 4.74 Å². The van der Waals surface area contributed by atoms with Crippen LogP contribution < -0.4 is 0 Å². The number of rotatable bonds is 3. The van der Waals surface area contributed by atoms with Crippen molar-refractivity contribution in [1.29, 1.82) is 0 Å².